The zero-order valence-electron chi connectivity index (χ0n) is 13.4. The second-order valence-electron chi connectivity index (χ2n) is 5.75. The number of amides is 1. The number of nitrogens with one attached hydrogen (secondary N) is 1. The van der Waals surface area contributed by atoms with Crippen molar-refractivity contribution in [2.24, 2.45) is 0 Å². The monoisotopic (exact) mass is 342 g/mol. The number of hydrogen-bond donors (Lipinski definition) is 1. The third kappa shape index (κ3) is 2.73. The molecule has 1 N–H and O–H groups in total. The van der Waals surface area contributed by atoms with E-state index in [0.717, 1.165) is 30.9 Å². The Morgan fingerprint density at radius 1 is 1.46 bits per heavy atom. The van der Waals surface area contributed by atoms with E-state index in [1.807, 2.05) is 17.9 Å². The molecule has 0 saturated carbocycles. The topological polar surface area (TPSA) is 75.4 Å². The van der Waals surface area contributed by atoms with E-state index in [0.29, 0.717) is 12.3 Å². The number of aromatic nitrogens is 4. The van der Waals surface area contributed by atoms with Gasteiger partial charge >= 0.3 is 0 Å². The summed E-state index contributed by atoms with van der Waals surface area (Å²) in [6.45, 7) is 3.76. The lowest BCUT2D eigenvalue weighted by atomic mass is 10.1. The summed E-state index contributed by atoms with van der Waals surface area (Å²) in [6.07, 6.45) is 3.22. The first-order valence-electron chi connectivity index (χ1n) is 8.01. The lowest BCUT2D eigenvalue weighted by Gasteiger charge is -2.27. The van der Waals surface area contributed by atoms with Crippen molar-refractivity contribution in [1.29, 1.82) is 0 Å². The van der Waals surface area contributed by atoms with E-state index in [-0.39, 0.29) is 12.5 Å². The summed E-state index contributed by atoms with van der Waals surface area (Å²) in [5.74, 6) is 1.39. The Morgan fingerprint density at radius 2 is 2.38 bits per heavy atom. The highest BCUT2D eigenvalue weighted by Crippen LogP contribution is 2.24. The first-order chi connectivity index (χ1) is 11.7. The minimum Gasteiger partial charge on any atom is -0.361 e. The van der Waals surface area contributed by atoms with Crippen molar-refractivity contribution >= 4 is 28.8 Å². The van der Waals surface area contributed by atoms with Crippen molar-refractivity contribution < 1.29 is 4.79 Å². The first-order valence-corrected chi connectivity index (χ1v) is 8.89. The molecule has 124 valence electrons. The second-order valence-corrected chi connectivity index (χ2v) is 6.75. The highest BCUT2D eigenvalue weighted by atomic mass is 32.1. The summed E-state index contributed by atoms with van der Waals surface area (Å²) in [4.78, 5) is 24.4. The molecule has 8 heteroatoms. The van der Waals surface area contributed by atoms with Crippen molar-refractivity contribution in [3.63, 3.8) is 0 Å². The Bertz CT molecular complexity index is 886. The number of hydrogen-bond acceptors (Lipinski definition) is 6. The number of nitrogens with zero attached hydrogens (tertiary/aromatic N) is 5. The number of carbonyl (C=O) groups excluding carboxylic acids is 1. The predicted molar refractivity (Wildman–Crippen MR) is 92.1 cm³/mol. The maximum absolute atomic E-state index is 12.5. The van der Waals surface area contributed by atoms with Crippen LogP contribution in [0, 0.1) is 0 Å². The Balaban J connectivity index is 1.47. The number of anilines is 1. The Morgan fingerprint density at radius 3 is 3.25 bits per heavy atom. The van der Waals surface area contributed by atoms with Gasteiger partial charge in [-0.3, -0.25) is 4.79 Å². The van der Waals surface area contributed by atoms with Crippen LogP contribution in [0.5, 0.6) is 0 Å². The van der Waals surface area contributed by atoms with E-state index in [1.165, 1.54) is 16.8 Å². The van der Waals surface area contributed by atoms with E-state index in [9.17, 15) is 4.79 Å². The van der Waals surface area contributed by atoms with E-state index in [2.05, 4.69) is 31.8 Å². The van der Waals surface area contributed by atoms with E-state index < -0.39 is 0 Å². The molecule has 1 aliphatic rings. The SMILES string of the molecule is CCc1cc(NCC(=O)N2CCc3sccc3C2)n2ncnc2n1. The molecule has 1 aliphatic heterocycles. The molecule has 0 unspecified atom stereocenters. The molecule has 3 aromatic rings. The van der Waals surface area contributed by atoms with Gasteiger partial charge in [-0.05, 0) is 29.9 Å². The molecule has 0 spiro atoms. The molecular formula is C16H18N6OS. The zero-order chi connectivity index (χ0) is 16.5. The third-order valence-electron chi connectivity index (χ3n) is 4.25. The van der Waals surface area contributed by atoms with Gasteiger partial charge in [0.2, 0.25) is 5.91 Å². The van der Waals surface area contributed by atoms with Gasteiger partial charge in [-0.15, -0.1) is 11.3 Å². The van der Waals surface area contributed by atoms with Crippen molar-refractivity contribution in [2.75, 3.05) is 18.4 Å². The standard InChI is InChI=1S/C16H18N6OS/c1-2-12-7-14(22-16(20-12)18-10-19-22)17-8-15(23)21-5-3-13-11(9-21)4-6-24-13/h4,6-7,10,17H,2-3,5,8-9H2,1H3. The lowest BCUT2D eigenvalue weighted by Crippen LogP contribution is -2.39. The molecule has 0 aromatic carbocycles. The van der Waals surface area contributed by atoms with Gasteiger partial charge in [0.15, 0.2) is 0 Å². The molecular weight excluding hydrogens is 324 g/mol. The molecule has 4 heterocycles. The van der Waals surface area contributed by atoms with Crippen LogP contribution < -0.4 is 5.32 Å². The fraction of sp³-hybridized carbons (Fsp3) is 0.375. The van der Waals surface area contributed by atoms with Crippen molar-refractivity contribution in [3.05, 3.63) is 40.0 Å². The summed E-state index contributed by atoms with van der Waals surface area (Å²) >= 11 is 1.78. The smallest absolute Gasteiger partial charge is 0.254 e. The third-order valence-corrected chi connectivity index (χ3v) is 5.27. The molecule has 0 fully saturated rings. The highest BCUT2D eigenvalue weighted by Gasteiger charge is 2.21. The Hall–Kier alpha value is -2.48. The van der Waals surface area contributed by atoms with Crippen LogP contribution in [-0.4, -0.2) is 43.5 Å². The van der Waals surface area contributed by atoms with E-state index >= 15 is 0 Å². The van der Waals surface area contributed by atoms with Crippen molar-refractivity contribution in [1.82, 2.24) is 24.5 Å². The van der Waals surface area contributed by atoms with Crippen LogP contribution in [0.25, 0.3) is 5.78 Å². The van der Waals surface area contributed by atoms with Crippen LogP contribution in [-0.2, 0) is 24.2 Å². The lowest BCUT2D eigenvalue weighted by molar-refractivity contribution is -0.130. The van der Waals surface area contributed by atoms with Crippen LogP contribution in [0.2, 0.25) is 0 Å². The molecule has 0 atom stereocenters. The molecule has 0 bridgehead atoms. The summed E-state index contributed by atoms with van der Waals surface area (Å²) < 4.78 is 1.62. The second kappa shape index (κ2) is 6.20. The van der Waals surface area contributed by atoms with Gasteiger partial charge in [-0.1, -0.05) is 6.92 Å². The van der Waals surface area contributed by atoms with Gasteiger partial charge in [-0.2, -0.15) is 14.6 Å². The largest absolute Gasteiger partial charge is 0.361 e. The molecule has 0 radical (unpaired) electrons. The first kappa shape index (κ1) is 15.1. The highest BCUT2D eigenvalue weighted by molar-refractivity contribution is 7.10. The maximum Gasteiger partial charge on any atom is 0.254 e. The minimum absolute atomic E-state index is 0.0926. The summed E-state index contributed by atoms with van der Waals surface area (Å²) in [7, 11) is 0. The van der Waals surface area contributed by atoms with E-state index in [4.69, 9.17) is 0 Å². The fourth-order valence-electron chi connectivity index (χ4n) is 2.91. The molecule has 1 amide bonds. The van der Waals surface area contributed by atoms with Gasteiger partial charge in [0.25, 0.3) is 5.78 Å². The normalized spacial score (nSPS) is 14.0. The van der Waals surface area contributed by atoms with Gasteiger partial charge in [-0.25, -0.2) is 4.98 Å². The van der Waals surface area contributed by atoms with Gasteiger partial charge in [0.1, 0.15) is 12.1 Å². The number of fused-ring (bicyclic) bond motifs is 2. The predicted octanol–water partition coefficient (Wildman–Crippen LogP) is 1.74. The van der Waals surface area contributed by atoms with Crippen LogP contribution >= 0.6 is 11.3 Å². The minimum atomic E-state index is 0.0926. The van der Waals surface area contributed by atoms with Crippen LogP contribution in [0.4, 0.5) is 5.82 Å². The quantitative estimate of drug-likeness (QED) is 0.782. The summed E-state index contributed by atoms with van der Waals surface area (Å²) in [5.41, 5.74) is 2.20. The van der Waals surface area contributed by atoms with Crippen LogP contribution in [0.1, 0.15) is 23.1 Å². The van der Waals surface area contributed by atoms with Crippen molar-refractivity contribution in [3.8, 4) is 0 Å². The molecule has 24 heavy (non-hydrogen) atoms. The number of rotatable bonds is 4. The molecule has 0 saturated heterocycles. The van der Waals surface area contributed by atoms with E-state index in [1.54, 1.807) is 15.9 Å². The average molecular weight is 342 g/mol. The number of carbonyl (C=O) groups is 1. The zero-order valence-corrected chi connectivity index (χ0v) is 14.2. The van der Waals surface area contributed by atoms with Crippen LogP contribution in [0.15, 0.2) is 23.8 Å². The fourth-order valence-corrected chi connectivity index (χ4v) is 3.80. The van der Waals surface area contributed by atoms with Gasteiger partial charge in [0.05, 0.1) is 6.54 Å². The van der Waals surface area contributed by atoms with Crippen molar-refractivity contribution in [2.45, 2.75) is 26.3 Å². The van der Waals surface area contributed by atoms with Gasteiger partial charge in [0, 0.05) is 29.7 Å². The number of aryl methyl sites for hydroxylation is 1. The molecule has 4 rings (SSSR count). The molecule has 3 aromatic heterocycles. The molecule has 0 aliphatic carbocycles. The summed E-state index contributed by atoms with van der Waals surface area (Å²) in [6, 6.07) is 4.03. The Labute approximate surface area is 143 Å². The van der Waals surface area contributed by atoms with Gasteiger partial charge < -0.3 is 10.2 Å². The Kier molecular flexibility index (Phi) is 3.89. The average Bonchev–Trinajstić information content (AvgIpc) is 3.26. The molecule has 7 nitrogen and oxygen atoms in total. The summed E-state index contributed by atoms with van der Waals surface area (Å²) in [5, 5.41) is 9.46. The van der Waals surface area contributed by atoms with Crippen LogP contribution in [0.3, 0.4) is 0 Å². The number of thiophene rings is 1. The maximum atomic E-state index is 12.5.